The number of sulfonamides is 1. The Labute approximate surface area is 133 Å². The number of carboxylic acids is 1. The summed E-state index contributed by atoms with van der Waals surface area (Å²) in [7, 11) is -3.89. The molecule has 0 aliphatic rings. The fourth-order valence-corrected chi connectivity index (χ4v) is 4.80. The van der Waals surface area contributed by atoms with Gasteiger partial charge in [-0.1, -0.05) is 0 Å². The van der Waals surface area contributed by atoms with Gasteiger partial charge in [-0.3, -0.25) is 4.72 Å². The van der Waals surface area contributed by atoms with Gasteiger partial charge in [-0.2, -0.15) is 0 Å². The van der Waals surface area contributed by atoms with Gasteiger partial charge >= 0.3 is 5.97 Å². The molecule has 0 saturated carbocycles. The molecular weight excluding hydrogens is 382 g/mol. The maximum Gasteiger partial charge on any atom is 0.335 e. The first-order chi connectivity index (χ1) is 9.70. The van der Waals surface area contributed by atoms with Crippen molar-refractivity contribution >= 4 is 48.9 Å². The van der Waals surface area contributed by atoms with Crippen molar-refractivity contribution < 1.29 is 23.4 Å². The molecule has 0 radical (unpaired) electrons. The third-order valence-corrected chi connectivity index (χ3v) is 6.56. The SMILES string of the molecule is Cc1cc(S(=O)(=O)Nc2cc(C(=O)O)ccc2O)sc1Br. The number of anilines is 1. The van der Waals surface area contributed by atoms with E-state index in [-0.39, 0.29) is 21.2 Å². The first kappa shape index (κ1) is 15.8. The highest BCUT2D eigenvalue weighted by Crippen LogP contribution is 2.33. The van der Waals surface area contributed by atoms with Crippen LogP contribution in [0, 0.1) is 6.92 Å². The molecule has 2 aromatic rings. The molecule has 1 aromatic carbocycles. The highest BCUT2D eigenvalue weighted by molar-refractivity contribution is 9.11. The second-order valence-electron chi connectivity index (χ2n) is 4.16. The highest BCUT2D eigenvalue weighted by Gasteiger charge is 2.20. The summed E-state index contributed by atoms with van der Waals surface area (Å²) in [6.07, 6.45) is 0. The Bertz CT molecular complexity index is 794. The van der Waals surface area contributed by atoms with Crippen molar-refractivity contribution in [3.63, 3.8) is 0 Å². The van der Waals surface area contributed by atoms with Crippen molar-refractivity contribution in [2.45, 2.75) is 11.1 Å². The van der Waals surface area contributed by atoms with Gasteiger partial charge in [0.25, 0.3) is 10.0 Å². The van der Waals surface area contributed by atoms with Gasteiger partial charge in [-0.25, -0.2) is 13.2 Å². The van der Waals surface area contributed by atoms with Gasteiger partial charge in [-0.05, 0) is 52.7 Å². The molecule has 3 N–H and O–H groups in total. The minimum atomic E-state index is -3.89. The average Bonchev–Trinajstić information content (AvgIpc) is 2.73. The number of hydrogen-bond donors (Lipinski definition) is 3. The second-order valence-corrected chi connectivity index (χ2v) is 8.44. The summed E-state index contributed by atoms with van der Waals surface area (Å²) < 4.78 is 27.4. The van der Waals surface area contributed by atoms with Crippen molar-refractivity contribution in [3.05, 3.63) is 39.2 Å². The molecule has 0 amide bonds. The number of hydrogen-bond acceptors (Lipinski definition) is 5. The largest absolute Gasteiger partial charge is 0.506 e. The van der Waals surface area contributed by atoms with Crippen LogP contribution in [0.25, 0.3) is 0 Å². The first-order valence-electron chi connectivity index (χ1n) is 5.56. The zero-order valence-corrected chi connectivity index (χ0v) is 13.8. The minimum absolute atomic E-state index is 0.0620. The van der Waals surface area contributed by atoms with Gasteiger partial charge in [0.2, 0.25) is 0 Å². The third-order valence-electron chi connectivity index (χ3n) is 2.59. The summed E-state index contributed by atoms with van der Waals surface area (Å²) in [5.74, 6) is -1.57. The van der Waals surface area contributed by atoms with Crippen molar-refractivity contribution in [1.82, 2.24) is 0 Å². The summed E-state index contributed by atoms with van der Waals surface area (Å²) >= 11 is 4.26. The fourth-order valence-electron chi connectivity index (χ4n) is 1.51. The van der Waals surface area contributed by atoms with E-state index in [1.54, 1.807) is 6.92 Å². The Morgan fingerprint density at radius 1 is 1.33 bits per heavy atom. The van der Waals surface area contributed by atoms with Crippen LogP contribution in [0.3, 0.4) is 0 Å². The number of phenolic OH excluding ortho intramolecular Hbond substituents is 1. The lowest BCUT2D eigenvalue weighted by Gasteiger charge is -2.09. The van der Waals surface area contributed by atoms with E-state index in [0.717, 1.165) is 29.0 Å². The zero-order valence-electron chi connectivity index (χ0n) is 10.6. The maximum absolute atomic E-state index is 12.2. The van der Waals surface area contributed by atoms with Crippen LogP contribution in [-0.2, 0) is 10.0 Å². The summed E-state index contributed by atoms with van der Waals surface area (Å²) in [6.45, 7) is 1.75. The molecule has 6 nitrogen and oxygen atoms in total. The number of carbonyl (C=O) groups is 1. The topological polar surface area (TPSA) is 104 Å². The van der Waals surface area contributed by atoms with Crippen molar-refractivity contribution in [1.29, 1.82) is 0 Å². The van der Waals surface area contributed by atoms with Crippen molar-refractivity contribution in [2.24, 2.45) is 0 Å². The van der Waals surface area contributed by atoms with Gasteiger partial charge < -0.3 is 10.2 Å². The molecule has 1 aromatic heterocycles. The first-order valence-corrected chi connectivity index (χ1v) is 8.65. The Kier molecular flexibility index (Phi) is 4.26. The highest BCUT2D eigenvalue weighted by atomic mass is 79.9. The molecule has 0 fully saturated rings. The molecule has 0 bridgehead atoms. The van der Waals surface area contributed by atoms with E-state index < -0.39 is 16.0 Å². The molecule has 2 rings (SSSR count). The van der Waals surface area contributed by atoms with Crippen molar-refractivity contribution in [3.8, 4) is 5.75 Å². The van der Waals surface area contributed by atoms with E-state index in [4.69, 9.17) is 5.11 Å². The summed E-state index contributed by atoms with van der Waals surface area (Å²) in [6, 6.07) is 4.85. The predicted octanol–water partition coefficient (Wildman–Crippen LogP) is 3.02. The number of carboxylic acid groups (broad SMARTS) is 1. The number of nitrogens with one attached hydrogen (secondary N) is 1. The lowest BCUT2D eigenvalue weighted by Crippen LogP contribution is -2.12. The van der Waals surface area contributed by atoms with Crippen LogP contribution in [0.1, 0.15) is 15.9 Å². The molecule has 0 aliphatic carbocycles. The standard InChI is InChI=1S/C12H10BrNO5S2/c1-6-4-10(20-11(6)13)21(18,19)14-8-5-7(12(16)17)2-3-9(8)15/h2-5,14-15H,1H3,(H,16,17). The van der Waals surface area contributed by atoms with E-state index in [1.165, 1.54) is 12.1 Å². The molecule has 9 heteroatoms. The van der Waals surface area contributed by atoms with E-state index >= 15 is 0 Å². The summed E-state index contributed by atoms with van der Waals surface area (Å²) in [5.41, 5.74) is 0.454. The molecule has 0 spiro atoms. The molecule has 21 heavy (non-hydrogen) atoms. The normalized spacial score (nSPS) is 11.3. The van der Waals surface area contributed by atoms with Gasteiger partial charge in [0.15, 0.2) is 0 Å². The number of aryl methyl sites for hydroxylation is 1. The van der Waals surface area contributed by atoms with Gasteiger partial charge in [0.05, 0.1) is 15.0 Å². The lowest BCUT2D eigenvalue weighted by molar-refractivity contribution is 0.0697. The fraction of sp³-hybridized carbons (Fsp3) is 0.0833. The second kappa shape index (κ2) is 5.66. The van der Waals surface area contributed by atoms with E-state index in [9.17, 15) is 18.3 Å². The van der Waals surface area contributed by atoms with Crippen LogP contribution in [0.5, 0.6) is 5.75 Å². The smallest absolute Gasteiger partial charge is 0.335 e. The van der Waals surface area contributed by atoms with E-state index in [2.05, 4.69) is 20.7 Å². The van der Waals surface area contributed by atoms with Crippen LogP contribution in [0.2, 0.25) is 0 Å². The monoisotopic (exact) mass is 391 g/mol. The number of aromatic hydroxyl groups is 1. The Balaban J connectivity index is 2.41. The molecule has 0 saturated heterocycles. The molecule has 112 valence electrons. The third kappa shape index (κ3) is 3.36. The number of rotatable bonds is 4. The van der Waals surface area contributed by atoms with E-state index in [1.807, 2.05) is 0 Å². The molecule has 0 unspecified atom stereocenters. The summed E-state index contributed by atoms with van der Waals surface area (Å²) in [5, 5.41) is 18.6. The lowest BCUT2D eigenvalue weighted by atomic mass is 10.2. The predicted molar refractivity (Wildman–Crippen MR) is 82.6 cm³/mol. The van der Waals surface area contributed by atoms with Crippen LogP contribution >= 0.6 is 27.3 Å². The van der Waals surface area contributed by atoms with Gasteiger partial charge in [0.1, 0.15) is 9.96 Å². The van der Waals surface area contributed by atoms with Crippen molar-refractivity contribution in [2.75, 3.05) is 4.72 Å². The van der Waals surface area contributed by atoms with Gasteiger partial charge in [-0.15, -0.1) is 11.3 Å². The van der Waals surface area contributed by atoms with Gasteiger partial charge in [0, 0.05) is 0 Å². The number of thiophene rings is 1. The molecule has 0 aliphatic heterocycles. The molecular formula is C12H10BrNO5S2. The number of phenols is 1. The Morgan fingerprint density at radius 2 is 2.00 bits per heavy atom. The number of aromatic carboxylic acids is 1. The quantitative estimate of drug-likeness (QED) is 0.694. The maximum atomic E-state index is 12.2. The minimum Gasteiger partial charge on any atom is -0.506 e. The zero-order chi connectivity index (χ0) is 15.8. The van der Waals surface area contributed by atoms with E-state index in [0.29, 0.717) is 3.79 Å². The summed E-state index contributed by atoms with van der Waals surface area (Å²) in [4.78, 5) is 10.9. The van der Waals surface area contributed by atoms with Crippen LogP contribution in [0.4, 0.5) is 5.69 Å². The molecule has 0 atom stereocenters. The van der Waals surface area contributed by atoms with Crippen LogP contribution in [-0.4, -0.2) is 24.6 Å². The Morgan fingerprint density at radius 3 is 2.52 bits per heavy atom. The van der Waals surface area contributed by atoms with Crippen LogP contribution in [0.15, 0.2) is 32.3 Å². The van der Waals surface area contributed by atoms with Crippen LogP contribution < -0.4 is 4.72 Å². The number of halogens is 1. The molecule has 1 heterocycles. The average molecular weight is 392 g/mol. The Hall–Kier alpha value is -1.58. The number of benzene rings is 1.